The average molecular weight is 229 g/mol. The molecular formula is C9H15N3O2S. The van der Waals surface area contributed by atoms with E-state index in [9.17, 15) is 8.42 Å². The second-order valence-electron chi connectivity index (χ2n) is 3.02. The molecule has 4 N–H and O–H groups in total. The van der Waals surface area contributed by atoms with Crippen LogP contribution in [0.5, 0.6) is 0 Å². The highest BCUT2D eigenvalue weighted by molar-refractivity contribution is 7.87. The van der Waals surface area contributed by atoms with E-state index >= 15 is 0 Å². The summed E-state index contributed by atoms with van der Waals surface area (Å²) < 4.78 is 27.2. The molecule has 0 saturated carbocycles. The Morgan fingerprint density at radius 2 is 1.93 bits per heavy atom. The maximum Gasteiger partial charge on any atom is 0.277 e. The van der Waals surface area contributed by atoms with Crippen molar-refractivity contribution < 1.29 is 8.42 Å². The smallest absolute Gasteiger partial charge is 0.277 e. The molecule has 0 aliphatic heterocycles. The van der Waals surface area contributed by atoms with Gasteiger partial charge in [0.1, 0.15) is 0 Å². The Labute approximate surface area is 89.9 Å². The Morgan fingerprint density at radius 1 is 1.27 bits per heavy atom. The fourth-order valence-electron chi connectivity index (χ4n) is 1.11. The third-order valence-electron chi connectivity index (χ3n) is 1.84. The van der Waals surface area contributed by atoms with Crippen LogP contribution < -0.4 is 15.2 Å². The van der Waals surface area contributed by atoms with E-state index in [2.05, 4.69) is 9.44 Å². The predicted octanol–water partition coefficient (Wildman–Crippen LogP) is 0.213. The standard InChI is InChI=1S/C9H15N3O2S/c1-2-11-15(13,14)12-7-8-5-3-4-6-9(8)10/h3-6,11-12H,2,7,10H2,1H3. The molecule has 1 rings (SSSR count). The van der Waals surface area contributed by atoms with E-state index in [-0.39, 0.29) is 6.54 Å². The van der Waals surface area contributed by atoms with Crippen LogP contribution in [-0.2, 0) is 16.8 Å². The van der Waals surface area contributed by atoms with Gasteiger partial charge in [0, 0.05) is 18.8 Å². The molecule has 0 heterocycles. The summed E-state index contributed by atoms with van der Waals surface area (Å²) in [5, 5.41) is 0. The van der Waals surface area contributed by atoms with Gasteiger partial charge in [-0.25, -0.2) is 4.72 Å². The van der Waals surface area contributed by atoms with Crippen LogP contribution in [0.1, 0.15) is 12.5 Å². The predicted molar refractivity (Wildman–Crippen MR) is 60.3 cm³/mol. The van der Waals surface area contributed by atoms with Crippen molar-refractivity contribution in [3.63, 3.8) is 0 Å². The lowest BCUT2D eigenvalue weighted by atomic mass is 10.2. The molecule has 0 spiro atoms. The quantitative estimate of drug-likeness (QED) is 0.631. The van der Waals surface area contributed by atoms with Gasteiger partial charge in [0.25, 0.3) is 10.2 Å². The summed E-state index contributed by atoms with van der Waals surface area (Å²) in [6.45, 7) is 2.28. The highest BCUT2D eigenvalue weighted by Crippen LogP contribution is 2.09. The molecule has 0 radical (unpaired) electrons. The number of nitrogens with one attached hydrogen (secondary N) is 2. The molecule has 0 amide bonds. The van der Waals surface area contributed by atoms with Gasteiger partial charge < -0.3 is 5.73 Å². The van der Waals surface area contributed by atoms with Gasteiger partial charge in [-0.2, -0.15) is 13.1 Å². The lowest BCUT2D eigenvalue weighted by Crippen LogP contribution is -2.35. The van der Waals surface area contributed by atoms with Crippen LogP contribution in [0.2, 0.25) is 0 Å². The van der Waals surface area contributed by atoms with E-state index < -0.39 is 10.2 Å². The molecule has 0 bridgehead atoms. The molecule has 0 aliphatic carbocycles. The number of benzene rings is 1. The Bertz CT molecular complexity index is 417. The fourth-order valence-corrected chi connectivity index (χ4v) is 1.94. The molecule has 0 unspecified atom stereocenters. The van der Waals surface area contributed by atoms with E-state index in [1.807, 2.05) is 6.07 Å². The summed E-state index contributed by atoms with van der Waals surface area (Å²) in [6.07, 6.45) is 0. The van der Waals surface area contributed by atoms with Crippen LogP contribution in [-0.4, -0.2) is 15.0 Å². The van der Waals surface area contributed by atoms with Crippen molar-refractivity contribution >= 4 is 15.9 Å². The van der Waals surface area contributed by atoms with Crippen LogP contribution in [0, 0.1) is 0 Å². The molecule has 0 saturated heterocycles. The number of anilines is 1. The molecule has 1 aromatic rings. The van der Waals surface area contributed by atoms with Crippen LogP contribution in [0.15, 0.2) is 24.3 Å². The zero-order valence-electron chi connectivity index (χ0n) is 8.53. The van der Waals surface area contributed by atoms with Crippen LogP contribution >= 0.6 is 0 Å². The molecule has 0 fully saturated rings. The van der Waals surface area contributed by atoms with Crippen LogP contribution in [0.25, 0.3) is 0 Å². The molecule has 0 aromatic heterocycles. The van der Waals surface area contributed by atoms with E-state index in [1.165, 1.54) is 0 Å². The molecule has 0 aliphatic rings. The Morgan fingerprint density at radius 3 is 2.53 bits per heavy atom. The summed E-state index contributed by atoms with van der Waals surface area (Å²) in [6, 6.07) is 7.13. The van der Waals surface area contributed by atoms with Gasteiger partial charge in [-0.05, 0) is 11.6 Å². The largest absolute Gasteiger partial charge is 0.398 e. The van der Waals surface area contributed by atoms with Crippen molar-refractivity contribution in [2.75, 3.05) is 12.3 Å². The van der Waals surface area contributed by atoms with Crippen molar-refractivity contribution in [3.8, 4) is 0 Å². The highest BCUT2D eigenvalue weighted by atomic mass is 32.2. The second kappa shape index (κ2) is 5.11. The van der Waals surface area contributed by atoms with Crippen molar-refractivity contribution in [1.82, 2.24) is 9.44 Å². The van der Waals surface area contributed by atoms with Gasteiger partial charge in [0.15, 0.2) is 0 Å². The first-order valence-corrected chi connectivity index (χ1v) is 6.11. The van der Waals surface area contributed by atoms with Crippen molar-refractivity contribution in [2.45, 2.75) is 13.5 Å². The minimum absolute atomic E-state index is 0.196. The Balaban J connectivity index is 2.62. The summed E-state index contributed by atoms with van der Waals surface area (Å²) in [5.41, 5.74) is 7.01. The normalized spacial score (nSPS) is 11.5. The minimum Gasteiger partial charge on any atom is -0.398 e. The molecule has 0 atom stereocenters. The Hall–Kier alpha value is -1.11. The first kappa shape index (κ1) is 12.0. The van der Waals surface area contributed by atoms with Gasteiger partial charge in [0.2, 0.25) is 0 Å². The van der Waals surface area contributed by atoms with E-state index in [0.717, 1.165) is 5.56 Å². The number of nitrogen functional groups attached to an aromatic ring is 1. The van der Waals surface area contributed by atoms with Crippen molar-refractivity contribution in [1.29, 1.82) is 0 Å². The van der Waals surface area contributed by atoms with Crippen molar-refractivity contribution in [3.05, 3.63) is 29.8 Å². The van der Waals surface area contributed by atoms with E-state index in [1.54, 1.807) is 25.1 Å². The van der Waals surface area contributed by atoms with Gasteiger partial charge in [0.05, 0.1) is 0 Å². The molecule has 6 heteroatoms. The number of para-hydroxylation sites is 1. The topological polar surface area (TPSA) is 84.2 Å². The van der Waals surface area contributed by atoms with Gasteiger partial charge in [-0.3, -0.25) is 0 Å². The zero-order chi connectivity index (χ0) is 11.3. The average Bonchev–Trinajstić information content (AvgIpc) is 2.16. The number of rotatable bonds is 5. The number of nitrogens with two attached hydrogens (primary N) is 1. The first-order chi connectivity index (χ1) is 7.05. The summed E-state index contributed by atoms with van der Waals surface area (Å²) in [4.78, 5) is 0. The van der Waals surface area contributed by atoms with E-state index in [0.29, 0.717) is 12.2 Å². The molecular weight excluding hydrogens is 214 g/mol. The lowest BCUT2D eigenvalue weighted by molar-refractivity contribution is 0.568. The fraction of sp³-hybridized carbons (Fsp3) is 0.333. The van der Waals surface area contributed by atoms with E-state index in [4.69, 9.17) is 5.73 Å². The maximum atomic E-state index is 11.3. The molecule has 84 valence electrons. The highest BCUT2D eigenvalue weighted by Gasteiger charge is 2.07. The zero-order valence-corrected chi connectivity index (χ0v) is 9.34. The molecule has 5 nitrogen and oxygen atoms in total. The van der Waals surface area contributed by atoms with Gasteiger partial charge in [-0.1, -0.05) is 25.1 Å². The SMILES string of the molecule is CCNS(=O)(=O)NCc1ccccc1N. The Kier molecular flexibility index (Phi) is 4.07. The van der Waals surface area contributed by atoms with Gasteiger partial charge >= 0.3 is 0 Å². The van der Waals surface area contributed by atoms with Crippen molar-refractivity contribution in [2.24, 2.45) is 0 Å². The third-order valence-corrected chi connectivity index (χ3v) is 3.04. The first-order valence-electron chi connectivity index (χ1n) is 4.63. The maximum absolute atomic E-state index is 11.3. The lowest BCUT2D eigenvalue weighted by Gasteiger charge is -2.08. The number of hydrogen-bond donors (Lipinski definition) is 3. The van der Waals surface area contributed by atoms with Gasteiger partial charge in [-0.15, -0.1) is 0 Å². The molecule has 15 heavy (non-hydrogen) atoms. The molecule has 1 aromatic carbocycles. The minimum atomic E-state index is -3.40. The summed E-state index contributed by atoms with van der Waals surface area (Å²) in [5.74, 6) is 0. The summed E-state index contributed by atoms with van der Waals surface area (Å²) in [7, 11) is -3.40. The van der Waals surface area contributed by atoms with Crippen LogP contribution in [0.4, 0.5) is 5.69 Å². The summed E-state index contributed by atoms with van der Waals surface area (Å²) >= 11 is 0. The monoisotopic (exact) mass is 229 g/mol. The van der Waals surface area contributed by atoms with Crippen LogP contribution in [0.3, 0.4) is 0 Å². The third kappa shape index (κ3) is 3.86. The second-order valence-corrected chi connectivity index (χ2v) is 4.61. The number of hydrogen-bond acceptors (Lipinski definition) is 3.